The zero-order valence-corrected chi connectivity index (χ0v) is 8.27. The Morgan fingerprint density at radius 2 is 2.23 bits per heavy atom. The number of nitrogens with one attached hydrogen (secondary N) is 1. The Balaban J connectivity index is 2.74. The molecule has 72 valence electrons. The minimum absolute atomic E-state index is 0.274. The Bertz CT molecular complexity index is 281. The highest BCUT2D eigenvalue weighted by Gasteiger charge is 2.28. The molecule has 0 saturated carbocycles. The molecular formula is C8H11NO3S. The number of amides is 1. The van der Waals surface area contributed by atoms with Gasteiger partial charge in [-0.2, -0.15) is 0 Å². The lowest BCUT2D eigenvalue weighted by Gasteiger charge is -2.21. The summed E-state index contributed by atoms with van der Waals surface area (Å²) in [6.45, 7) is 3.67. The van der Waals surface area contributed by atoms with E-state index in [4.69, 9.17) is 5.11 Å². The zero-order valence-electron chi connectivity index (χ0n) is 7.46. The average molecular weight is 201 g/mol. The van der Waals surface area contributed by atoms with E-state index in [9.17, 15) is 9.59 Å². The molecule has 0 radical (unpaired) electrons. The summed E-state index contributed by atoms with van der Waals surface area (Å²) in [6.07, 6.45) is 0. The minimum atomic E-state index is -0.978. The maximum absolute atomic E-state index is 11.3. The molecule has 1 aliphatic rings. The van der Waals surface area contributed by atoms with Crippen molar-refractivity contribution in [2.75, 3.05) is 5.75 Å². The van der Waals surface area contributed by atoms with Gasteiger partial charge in [-0.25, -0.2) is 4.79 Å². The summed E-state index contributed by atoms with van der Waals surface area (Å²) >= 11 is 1.30. The second kappa shape index (κ2) is 3.83. The molecule has 1 heterocycles. The van der Waals surface area contributed by atoms with Crippen molar-refractivity contribution in [3.8, 4) is 0 Å². The van der Waals surface area contributed by atoms with Gasteiger partial charge in [0.15, 0.2) is 0 Å². The first-order valence-electron chi connectivity index (χ1n) is 3.86. The van der Waals surface area contributed by atoms with Crippen molar-refractivity contribution in [2.45, 2.75) is 19.9 Å². The summed E-state index contributed by atoms with van der Waals surface area (Å²) in [5, 5.41) is 11.1. The highest BCUT2D eigenvalue weighted by Crippen LogP contribution is 2.24. The molecule has 1 rings (SSSR count). The third kappa shape index (κ3) is 2.24. The van der Waals surface area contributed by atoms with E-state index in [2.05, 4.69) is 5.32 Å². The van der Waals surface area contributed by atoms with Crippen LogP contribution in [0.5, 0.6) is 0 Å². The van der Waals surface area contributed by atoms with Gasteiger partial charge in [0.1, 0.15) is 6.04 Å². The number of hydrogen-bond acceptors (Lipinski definition) is 3. The first-order chi connectivity index (χ1) is 6.02. The molecule has 5 heteroatoms. The van der Waals surface area contributed by atoms with Gasteiger partial charge in [-0.15, -0.1) is 11.8 Å². The lowest BCUT2D eigenvalue weighted by Crippen LogP contribution is -2.46. The van der Waals surface area contributed by atoms with Crippen molar-refractivity contribution in [3.05, 3.63) is 10.5 Å². The Hall–Kier alpha value is -0.970. The van der Waals surface area contributed by atoms with E-state index in [1.165, 1.54) is 11.8 Å². The lowest BCUT2D eigenvalue weighted by molar-refractivity contribution is -0.140. The summed E-state index contributed by atoms with van der Waals surface area (Å²) in [5.74, 6) is -0.848. The summed E-state index contributed by atoms with van der Waals surface area (Å²) in [4.78, 5) is 22.5. The van der Waals surface area contributed by atoms with Crippen LogP contribution < -0.4 is 5.32 Å². The third-order valence-corrected chi connectivity index (χ3v) is 3.04. The van der Waals surface area contributed by atoms with Crippen LogP contribution >= 0.6 is 11.8 Å². The van der Waals surface area contributed by atoms with Crippen molar-refractivity contribution in [1.82, 2.24) is 5.32 Å². The van der Waals surface area contributed by atoms with Crippen LogP contribution in [-0.4, -0.2) is 28.8 Å². The Kier molecular flexibility index (Phi) is 2.98. The number of rotatable bonds is 1. The normalized spacial score (nSPS) is 22.5. The molecule has 1 saturated heterocycles. The number of thioether (sulfide) groups is 1. The smallest absolute Gasteiger partial charge is 0.327 e. The SMILES string of the molecule is CC(C)=C1SCC(C(=O)O)NC1=O. The number of carbonyl (C=O) groups excluding carboxylic acids is 1. The maximum Gasteiger partial charge on any atom is 0.327 e. The highest BCUT2D eigenvalue weighted by atomic mass is 32.2. The summed E-state index contributed by atoms with van der Waals surface area (Å²) < 4.78 is 0. The van der Waals surface area contributed by atoms with E-state index in [1.54, 1.807) is 0 Å². The van der Waals surface area contributed by atoms with Crippen molar-refractivity contribution in [3.63, 3.8) is 0 Å². The van der Waals surface area contributed by atoms with Crippen LogP contribution in [0.2, 0.25) is 0 Å². The molecule has 2 N–H and O–H groups in total. The molecular weight excluding hydrogens is 190 g/mol. The van der Waals surface area contributed by atoms with Crippen molar-refractivity contribution >= 4 is 23.6 Å². The van der Waals surface area contributed by atoms with Crippen molar-refractivity contribution in [2.24, 2.45) is 0 Å². The van der Waals surface area contributed by atoms with E-state index in [0.717, 1.165) is 5.57 Å². The van der Waals surface area contributed by atoms with Crippen LogP contribution in [0.4, 0.5) is 0 Å². The minimum Gasteiger partial charge on any atom is -0.480 e. The van der Waals surface area contributed by atoms with Gasteiger partial charge >= 0.3 is 5.97 Å². The van der Waals surface area contributed by atoms with Crippen LogP contribution in [0.15, 0.2) is 10.5 Å². The number of aliphatic carboxylic acids is 1. The lowest BCUT2D eigenvalue weighted by atomic mass is 10.2. The van der Waals surface area contributed by atoms with E-state index in [1.807, 2.05) is 13.8 Å². The summed E-state index contributed by atoms with van der Waals surface area (Å²) in [7, 11) is 0. The van der Waals surface area contributed by atoms with Crippen LogP contribution in [0, 0.1) is 0 Å². The number of carbonyl (C=O) groups is 2. The molecule has 1 aliphatic heterocycles. The second-order valence-corrected chi connectivity index (χ2v) is 4.03. The molecule has 0 aromatic heterocycles. The third-order valence-electron chi connectivity index (χ3n) is 1.66. The standard InChI is InChI=1S/C8H11NO3S/c1-4(2)6-7(10)9-5(3-13-6)8(11)12/h5H,3H2,1-2H3,(H,9,10)(H,11,12). The van der Waals surface area contributed by atoms with Crippen LogP contribution in [-0.2, 0) is 9.59 Å². The largest absolute Gasteiger partial charge is 0.480 e. The van der Waals surface area contributed by atoms with Crippen LogP contribution in [0.25, 0.3) is 0 Å². The fourth-order valence-electron chi connectivity index (χ4n) is 1.00. The molecule has 1 fully saturated rings. The van der Waals surface area contributed by atoms with Gasteiger partial charge < -0.3 is 10.4 Å². The number of allylic oxidation sites excluding steroid dienone is 1. The Morgan fingerprint density at radius 3 is 2.62 bits per heavy atom. The fraction of sp³-hybridized carbons (Fsp3) is 0.500. The molecule has 0 aromatic rings. The Morgan fingerprint density at radius 1 is 1.62 bits per heavy atom. The predicted molar refractivity (Wildman–Crippen MR) is 50.4 cm³/mol. The van der Waals surface area contributed by atoms with Crippen molar-refractivity contribution < 1.29 is 14.7 Å². The molecule has 0 aromatic carbocycles. The van der Waals surface area contributed by atoms with E-state index in [-0.39, 0.29) is 5.91 Å². The monoisotopic (exact) mass is 201 g/mol. The van der Waals surface area contributed by atoms with Gasteiger partial charge in [0.25, 0.3) is 5.91 Å². The van der Waals surface area contributed by atoms with E-state index < -0.39 is 12.0 Å². The second-order valence-electron chi connectivity index (χ2n) is 3.00. The summed E-state index contributed by atoms with van der Waals surface area (Å²) in [5.41, 5.74) is 0.923. The predicted octanol–water partition coefficient (Wildman–Crippen LogP) is 0.596. The molecule has 0 spiro atoms. The van der Waals surface area contributed by atoms with Gasteiger partial charge in [-0.1, -0.05) is 5.57 Å². The van der Waals surface area contributed by atoms with Crippen LogP contribution in [0.1, 0.15) is 13.8 Å². The number of hydrogen-bond donors (Lipinski definition) is 2. The molecule has 4 nitrogen and oxygen atoms in total. The molecule has 13 heavy (non-hydrogen) atoms. The van der Waals surface area contributed by atoms with E-state index in [0.29, 0.717) is 10.7 Å². The van der Waals surface area contributed by atoms with Gasteiger partial charge in [0, 0.05) is 5.75 Å². The quantitative estimate of drug-likeness (QED) is 0.609. The van der Waals surface area contributed by atoms with Gasteiger partial charge in [0.05, 0.1) is 4.91 Å². The van der Waals surface area contributed by atoms with E-state index >= 15 is 0 Å². The van der Waals surface area contributed by atoms with Crippen LogP contribution in [0.3, 0.4) is 0 Å². The molecule has 0 aliphatic carbocycles. The fourth-order valence-corrected chi connectivity index (χ4v) is 2.04. The Labute approximate surface area is 80.4 Å². The maximum atomic E-state index is 11.3. The molecule has 1 amide bonds. The molecule has 0 bridgehead atoms. The van der Waals surface area contributed by atoms with Gasteiger partial charge in [-0.3, -0.25) is 4.79 Å². The topological polar surface area (TPSA) is 66.4 Å². The molecule has 1 atom stereocenters. The van der Waals surface area contributed by atoms with Gasteiger partial charge in [0.2, 0.25) is 0 Å². The number of carboxylic acids is 1. The highest BCUT2D eigenvalue weighted by molar-refractivity contribution is 8.04. The summed E-state index contributed by atoms with van der Waals surface area (Å²) in [6, 6.07) is -0.749. The first-order valence-corrected chi connectivity index (χ1v) is 4.85. The number of carboxylic acid groups (broad SMARTS) is 1. The van der Waals surface area contributed by atoms with Crippen molar-refractivity contribution in [1.29, 1.82) is 0 Å². The first kappa shape index (κ1) is 10.1. The van der Waals surface area contributed by atoms with Gasteiger partial charge in [-0.05, 0) is 13.8 Å². The average Bonchev–Trinajstić information content (AvgIpc) is 2.03. The zero-order chi connectivity index (χ0) is 10.0. The molecule has 1 unspecified atom stereocenters.